The summed E-state index contributed by atoms with van der Waals surface area (Å²) in [6, 6.07) is 0. The Morgan fingerprint density at radius 3 is 2.39 bits per heavy atom. The van der Waals surface area contributed by atoms with E-state index in [2.05, 4.69) is 13.8 Å². The van der Waals surface area contributed by atoms with Gasteiger partial charge >= 0.3 is 11.9 Å². The second-order valence-electron chi connectivity index (χ2n) is 11.0. The van der Waals surface area contributed by atoms with Crippen molar-refractivity contribution in [2.75, 3.05) is 14.2 Å². The van der Waals surface area contributed by atoms with Crippen LogP contribution >= 0.6 is 0 Å². The first kappa shape index (κ1) is 22.5. The third kappa shape index (κ3) is 3.66. The van der Waals surface area contributed by atoms with Gasteiger partial charge in [0, 0.05) is 6.42 Å². The molecule has 172 valence electrons. The van der Waals surface area contributed by atoms with Crippen LogP contribution < -0.4 is 0 Å². The summed E-state index contributed by atoms with van der Waals surface area (Å²) in [4.78, 5) is 36.2. The minimum absolute atomic E-state index is 0.205. The highest BCUT2D eigenvalue weighted by molar-refractivity contribution is 5.94. The maximum absolute atomic E-state index is 12.1. The van der Waals surface area contributed by atoms with Gasteiger partial charge in [-0.2, -0.15) is 0 Å². The van der Waals surface area contributed by atoms with Gasteiger partial charge in [0.25, 0.3) is 0 Å². The van der Waals surface area contributed by atoms with E-state index in [1.807, 2.05) is 6.08 Å². The Hall–Kier alpha value is -1.65. The first-order valence-corrected chi connectivity index (χ1v) is 12.1. The molecule has 3 saturated carbocycles. The molecule has 0 N–H and O–H groups in total. The zero-order valence-electron chi connectivity index (χ0n) is 19.6. The van der Waals surface area contributed by atoms with Crippen LogP contribution in [-0.4, -0.2) is 31.9 Å². The maximum Gasteiger partial charge on any atom is 0.320 e. The number of allylic oxidation sites excluding steroid dienone is 1. The van der Waals surface area contributed by atoms with E-state index in [-0.39, 0.29) is 10.8 Å². The smallest absolute Gasteiger partial charge is 0.320 e. The number of rotatable bonds is 5. The lowest BCUT2D eigenvalue weighted by molar-refractivity contribution is -0.159. The first-order valence-electron chi connectivity index (χ1n) is 12.1. The molecule has 5 heteroatoms. The van der Waals surface area contributed by atoms with Crippen molar-refractivity contribution in [3.63, 3.8) is 0 Å². The standard InChI is InChI=1S/C26H38O5/c1-25-14-12-22-19(8-6-17-15-18(27)11-13-26(17,22)2)21(25)10-7-16(25)5-9-20(23(28)30-3)24(29)31-4/h15-16,19-22H,5-14H2,1-4H3/t16?,19?,21?,22?,25-,26+/m1/s1. The molecule has 4 rings (SSSR count). The monoisotopic (exact) mass is 430 g/mol. The van der Waals surface area contributed by atoms with Crippen molar-refractivity contribution in [1.29, 1.82) is 0 Å². The molecule has 3 fully saturated rings. The van der Waals surface area contributed by atoms with Gasteiger partial charge in [0.2, 0.25) is 0 Å². The molecule has 6 atom stereocenters. The number of ether oxygens (including phenoxy) is 2. The fraction of sp³-hybridized carbons (Fsp3) is 0.808. The van der Waals surface area contributed by atoms with Crippen LogP contribution in [0, 0.1) is 40.4 Å². The van der Waals surface area contributed by atoms with Crippen molar-refractivity contribution < 1.29 is 23.9 Å². The minimum Gasteiger partial charge on any atom is -0.468 e. The van der Waals surface area contributed by atoms with Gasteiger partial charge in [-0.15, -0.1) is 0 Å². The Bertz CT molecular complexity index is 769. The molecule has 4 unspecified atom stereocenters. The molecule has 4 aliphatic rings. The summed E-state index contributed by atoms with van der Waals surface area (Å²) in [5.74, 6) is 1.21. The van der Waals surface area contributed by atoms with Crippen molar-refractivity contribution in [1.82, 2.24) is 0 Å². The molecule has 0 saturated heterocycles. The fourth-order valence-corrected chi connectivity index (χ4v) is 8.13. The molecule has 31 heavy (non-hydrogen) atoms. The van der Waals surface area contributed by atoms with Crippen LogP contribution in [0.5, 0.6) is 0 Å². The molecule has 0 aliphatic heterocycles. The number of hydrogen-bond acceptors (Lipinski definition) is 5. The predicted octanol–water partition coefficient (Wildman–Crippen LogP) is 4.88. The number of fused-ring (bicyclic) bond motifs is 5. The number of carbonyl (C=O) groups excluding carboxylic acids is 3. The summed E-state index contributed by atoms with van der Waals surface area (Å²) in [6.07, 6.45) is 12.2. The quantitative estimate of drug-likeness (QED) is 0.459. The predicted molar refractivity (Wildman–Crippen MR) is 117 cm³/mol. The molecule has 0 heterocycles. The van der Waals surface area contributed by atoms with Crippen molar-refractivity contribution in [3.8, 4) is 0 Å². The molecule has 5 nitrogen and oxygen atoms in total. The van der Waals surface area contributed by atoms with Crippen LogP contribution in [0.25, 0.3) is 0 Å². The van der Waals surface area contributed by atoms with E-state index in [1.54, 1.807) is 0 Å². The zero-order chi connectivity index (χ0) is 22.4. The Labute approximate surface area is 186 Å². The SMILES string of the molecule is COC(=O)C(CCC1CCC2C3CCC4=CC(=O)CC[C@]4(C)C3CC[C@]12C)C(=O)OC. The van der Waals surface area contributed by atoms with Crippen LogP contribution in [-0.2, 0) is 23.9 Å². The first-order chi connectivity index (χ1) is 14.7. The van der Waals surface area contributed by atoms with Gasteiger partial charge in [0.05, 0.1) is 14.2 Å². The van der Waals surface area contributed by atoms with Gasteiger partial charge in [-0.25, -0.2) is 0 Å². The van der Waals surface area contributed by atoms with Crippen molar-refractivity contribution in [3.05, 3.63) is 11.6 Å². The van der Waals surface area contributed by atoms with Crippen molar-refractivity contribution >= 4 is 17.7 Å². The molecule has 0 aromatic heterocycles. The molecule has 0 bridgehead atoms. The average molecular weight is 431 g/mol. The normalized spacial score (nSPS) is 39.3. The van der Waals surface area contributed by atoms with Gasteiger partial charge < -0.3 is 9.47 Å². The van der Waals surface area contributed by atoms with Gasteiger partial charge in [0.1, 0.15) is 0 Å². The van der Waals surface area contributed by atoms with Gasteiger partial charge in [-0.3, -0.25) is 14.4 Å². The fourth-order valence-electron chi connectivity index (χ4n) is 8.13. The van der Waals surface area contributed by atoms with E-state index < -0.39 is 17.9 Å². The summed E-state index contributed by atoms with van der Waals surface area (Å²) < 4.78 is 9.71. The average Bonchev–Trinajstić information content (AvgIpc) is 3.10. The molecule has 0 spiro atoms. The van der Waals surface area contributed by atoms with E-state index in [0.717, 1.165) is 25.2 Å². The van der Waals surface area contributed by atoms with Gasteiger partial charge in [-0.05, 0) is 98.4 Å². The minimum atomic E-state index is -0.810. The van der Waals surface area contributed by atoms with E-state index in [1.165, 1.54) is 51.9 Å². The van der Waals surface area contributed by atoms with Crippen molar-refractivity contribution in [2.45, 2.75) is 78.1 Å². The van der Waals surface area contributed by atoms with Crippen LogP contribution in [0.2, 0.25) is 0 Å². The highest BCUT2D eigenvalue weighted by atomic mass is 16.5. The summed E-state index contributed by atoms with van der Waals surface area (Å²) >= 11 is 0. The third-order valence-corrected chi connectivity index (χ3v) is 9.93. The summed E-state index contributed by atoms with van der Waals surface area (Å²) in [6.45, 7) is 4.89. The van der Waals surface area contributed by atoms with Crippen LogP contribution in [0.1, 0.15) is 78.1 Å². The Morgan fingerprint density at radius 1 is 1.00 bits per heavy atom. The number of hydrogen-bond donors (Lipinski definition) is 0. The maximum atomic E-state index is 12.1. The molecule has 0 aromatic rings. The molecule has 4 aliphatic carbocycles. The topological polar surface area (TPSA) is 69.7 Å². The van der Waals surface area contributed by atoms with E-state index >= 15 is 0 Å². The molecule has 0 aromatic carbocycles. The second-order valence-corrected chi connectivity index (χ2v) is 11.0. The highest BCUT2D eigenvalue weighted by Gasteiger charge is 2.58. The highest BCUT2D eigenvalue weighted by Crippen LogP contribution is 2.67. The Kier molecular flexibility index (Phi) is 6.08. The lowest BCUT2D eigenvalue weighted by Crippen LogP contribution is -2.50. The number of ketones is 1. The van der Waals surface area contributed by atoms with E-state index in [0.29, 0.717) is 36.4 Å². The molecular weight excluding hydrogens is 392 g/mol. The van der Waals surface area contributed by atoms with Crippen LogP contribution in [0.4, 0.5) is 0 Å². The Balaban J connectivity index is 1.48. The number of carbonyl (C=O) groups is 3. The van der Waals surface area contributed by atoms with Gasteiger partial charge in [-0.1, -0.05) is 19.4 Å². The van der Waals surface area contributed by atoms with Crippen LogP contribution in [0.15, 0.2) is 11.6 Å². The molecular formula is C26H38O5. The Morgan fingerprint density at radius 2 is 1.71 bits per heavy atom. The van der Waals surface area contributed by atoms with Crippen LogP contribution in [0.3, 0.4) is 0 Å². The third-order valence-electron chi connectivity index (χ3n) is 9.93. The second kappa shape index (κ2) is 8.37. The van der Waals surface area contributed by atoms with E-state index in [9.17, 15) is 14.4 Å². The lowest BCUT2D eigenvalue weighted by atomic mass is 9.46. The van der Waals surface area contributed by atoms with E-state index in [4.69, 9.17) is 9.47 Å². The number of methoxy groups -OCH3 is 2. The zero-order valence-corrected chi connectivity index (χ0v) is 19.6. The van der Waals surface area contributed by atoms with Gasteiger partial charge in [0.15, 0.2) is 11.7 Å². The lowest BCUT2D eigenvalue weighted by Gasteiger charge is -2.58. The summed E-state index contributed by atoms with van der Waals surface area (Å²) in [5.41, 5.74) is 1.90. The molecule has 0 amide bonds. The number of esters is 2. The molecule has 0 radical (unpaired) electrons. The summed E-state index contributed by atoms with van der Waals surface area (Å²) in [5, 5.41) is 0. The van der Waals surface area contributed by atoms with Crippen molar-refractivity contribution in [2.24, 2.45) is 40.4 Å². The largest absolute Gasteiger partial charge is 0.468 e. The summed E-state index contributed by atoms with van der Waals surface area (Å²) in [7, 11) is 2.66.